The van der Waals surface area contributed by atoms with Gasteiger partial charge in [-0.1, -0.05) is 47.7 Å². The van der Waals surface area contributed by atoms with E-state index in [0.717, 1.165) is 32.9 Å². The summed E-state index contributed by atoms with van der Waals surface area (Å²) >= 11 is 3.17. The molecule has 4 rings (SSSR count). The number of tetrazole rings is 1. The lowest BCUT2D eigenvalue weighted by molar-refractivity contribution is 0.752. The molecule has 6 nitrogen and oxygen atoms in total. The molecule has 4 aromatic rings. The average molecular weight is 395 g/mol. The molecule has 136 valence electrons. The smallest absolute Gasteiger partial charge is 0.214 e. The van der Waals surface area contributed by atoms with E-state index in [9.17, 15) is 0 Å². The summed E-state index contributed by atoms with van der Waals surface area (Å²) in [5, 5.41) is 19.2. The maximum Gasteiger partial charge on any atom is 0.214 e. The lowest BCUT2D eigenvalue weighted by Crippen LogP contribution is -2.01. The molecule has 0 aliphatic rings. The van der Waals surface area contributed by atoms with Crippen LogP contribution < -0.4 is 5.32 Å². The van der Waals surface area contributed by atoms with E-state index in [1.165, 1.54) is 5.56 Å². The molecule has 27 heavy (non-hydrogen) atoms. The minimum atomic E-state index is 0.707. The van der Waals surface area contributed by atoms with E-state index in [0.29, 0.717) is 5.75 Å². The van der Waals surface area contributed by atoms with E-state index < -0.39 is 0 Å². The topological polar surface area (TPSA) is 68.5 Å². The predicted octanol–water partition coefficient (Wildman–Crippen LogP) is 4.77. The molecule has 0 aliphatic carbocycles. The zero-order chi connectivity index (χ0) is 18.6. The van der Waals surface area contributed by atoms with Crippen molar-refractivity contribution in [3.63, 3.8) is 0 Å². The Balaban J connectivity index is 1.43. The number of rotatable bonds is 6. The fraction of sp³-hybridized carbons (Fsp3) is 0.158. The van der Waals surface area contributed by atoms with Crippen LogP contribution >= 0.6 is 23.1 Å². The zero-order valence-electron chi connectivity index (χ0n) is 15.0. The van der Waals surface area contributed by atoms with Crippen LogP contribution in [-0.2, 0) is 5.75 Å². The number of thioether (sulfide) groups is 1. The second-order valence-electron chi connectivity index (χ2n) is 6.08. The molecule has 0 atom stereocenters. The van der Waals surface area contributed by atoms with E-state index in [4.69, 9.17) is 0 Å². The summed E-state index contributed by atoms with van der Waals surface area (Å²) in [6.07, 6.45) is 0. The third-order valence-electron chi connectivity index (χ3n) is 3.99. The summed E-state index contributed by atoms with van der Waals surface area (Å²) in [6.45, 7) is 4.13. The van der Waals surface area contributed by atoms with Crippen molar-refractivity contribution in [2.24, 2.45) is 0 Å². The maximum atomic E-state index is 4.66. The first-order chi connectivity index (χ1) is 13.2. The molecule has 2 heterocycles. The van der Waals surface area contributed by atoms with Crippen molar-refractivity contribution in [1.29, 1.82) is 0 Å². The van der Waals surface area contributed by atoms with Crippen LogP contribution in [0.3, 0.4) is 0 Å². The molecule has 2 aromatic heterocycles. The van der Waals surface area contributed by atoms with E-state index >= 15 is 0 Å². The minimum absolute atomic E-state index is 0.707. The highest BCUT2D eigenvalue weighted by Gasteiger charge is 2.12. The second kappa shape index (κ2) is 7.89. The van der Waals surface area contributed by atoms with Gasteiger partial charge < -0.3 is 5.32 Å². The van der Waals surface area contributed by atoms with Crippen molar-refractivity contribution in [3.05, 3.63) is 70.7 Å². The van der Waals surface area contributed by atoms with Crippen molar-refractivity contribution >= 4 is 33.9 Å². The molecule has 0 fully saturated rings. The van der Waals surface area contributed by atoms with Crippen molar-refractivity contribution in [1.82, 2.24) is 25.2 Å². The van der Waals surface area contributed by atoms with Gasteiger partial charge in [-0.3, -0.25) is 0 Å². The van der Waals surface area contributed by atoms with Gasteiger partial charge in [-0.05, 0) is 48.0 Å². The van der Waals surface area contributed by atoms with Crippen LogP contribution in [0.2, 0.25) is 0 Å². The average Bonchev–Trinajstić information content (AvgIpc) is 3.31. The Morgan fingerprint density at radius 3 is 2.70 bits per heavy atom. The first kappa shape index (κ1) is 17.7. The van der Waals surface area contributed by atoms with Crippen LogP contribution in [0, 0.1) is 13.8 Å². The largest absolute Gasteiger partial charge is 0.332 e. The first-order valence-electron chi connectivity index (χ1n) is 8.44. The highest BCUT2D eigenvalue weighted by atomic mass is 32.2. The van der Waals surface area contributed by atoms with Crippen molar-refractivity contribution < 1.29 is 0 Å². The fourth-order valence-electron chi connectivity index (χ4n) is 2.55. The quantitative estimate of drug-likeness (QED) is 0.475. The van der Waals surface area contributed by atoms with Crippen LogP contribution in [0.1, 0.15) is 16.8 Å². The molecule has 0 aliphatic heterocycles. The van der Waals surface area contributed by atoms with E-state index in [1.807, 2.05) is 18.2 Å². The normalized spacial score (nSPS) is 10.9. The number of hydrogen-bond donors (Lipinski definition) is 1. The monoisotopic (exact) mass is 394 g/mol. The van der Waals surface area contributed by atoms with Crippen molar-refractivity contribution in [2.45, 2.75) is 24.8 Å². The van der Waals surface area contributed by atoms with Crippen LogP contribution in [-0.4, -0.2) is 25.2 Å². The number of hydrogen-bond acceptors (Lipinski definition) is 7. The van der Waals surface area contributed by atoms with Crippen LogP contribution in [0.5, 0.6) is 0 Å². The molecule has 0 spiro atoms. The number of benzene rings is 2. The number of aryl methyl sites for hydroxylation is 2. The van der Waals surface area contributed by atoms with Crippen LogP contribution in [0.15, 0.2) is 59.1 Å². The predicted molar refractivity (Wildman–Crippen MR) is 110 cm³/mol. The standard InChI is InChI=1S/C19H18N6S2/c1-13-7-9-15(10-8-13)20-18-21-16(11-26-18)12-27-19-22-23-24-25(19)17-6-4-3-5-14(17)2/h3-11H,12H2,1-2H3,(H,20,21). The molecular weight excluding hydrogens is 376 g/mol. The second-order valence-corrected chi connectivity index (χ2v) is 7.88. The molecule has 0 radical (unpaired) electrons. The Morgan fingerprint density at radius 1 is 1.07 bits per heavy atom. The van der Waals surface area contributed by atoms with Crippen molar-refractivity contribution in [3.8, 4) is 5.69 Å². The van der Waals surface area contributed by atoms with Gasteiger partial charge in [0, 0.05) is 16.8 Å². The summed E-state index contributed by atoms with van der Waals surface area (Å²) in [5.74, 6) is 0.707. The van der Waals surface area contributed by atoms with Gasteiger partial charge in [0.05, 0.1) is 11.4 Å². The van der Waals surface area contributed by atoms with Gasteiger partial charge in [0.15, 0.2) is 5.13 Å². The molecule has 8 heteroatoms. The van der Waals surface area contributed by atoms with E-state index in [2.05, 4.69) is 75.4 Å². The van der Waals surface area contributed by atoms with Gasteiger partial charge in [0.2, 0.25) is 5.16 Å². The Kier molecular flexibility index (Phi) is 5.17. The molecule has 0 unspecified atom stereocenters. The summed E-state index contributed by atoms with van der Waals surface area (Å²) < 4.78 is 1.78. The molecule has 2 aromatic carbocycles. The molecule has 0 bridgehead atoms. The Hall–Kier alpha value is -2.71. The van der Waals surface area contributed by atoms with Crippen molar-refractivity contribution in [2.75, 3.05) is 5.32 Å². The fourth-order valence-corrected chi connectivity index (χ4v) is 4.16. The van der Waals surface area contributed by atoms with E-state index in [-0.39, 0.29) is 0 Å². The number of nitrogens with zero attached hydrogens (tertiary/aromatic N) is 5. The molecule has 0 saturated carbocycles. The highest BCUT2D eigenvalue weighted by molar-refractivity contribution is 7.98. The number of para-hydroxylation sites is 1. The Morgan fingerprint density at radius 2 is 1.89 bits per heavy atom. The summed E-state index contributed by atoms with van der Waals surface area (Å²) in [7, 11) is 0. The lowest BCUT2D eigenvalue weighted by Gasteiger charge is -2.06. The van der Waals surface area contributed by atoms with Gasteiger partial charge in [-0.15, -0.1) is 16.4 Å². The highest BCUT2D eigenvalue weighted by Crippen LogP contribution is 2.27. The first-order valence-corrected chi connectivity index (χ1v) is 10.3. The summed E-state index contributed by atoms with van der Waals surface area (Å²) in [4.78, 5) is 4.66. The van der Waals surface area contributed by atoms with Gasteiger partial charge in [-0.25, -0.2) is 4.98 Å². The number of aromatic nitrogens is 5. The van der Waals surface area contributed by atoms with Crippen LogP contribution in [0.4, 0.5) is 10.8 Å². The van der Waals surface area contributed by atoms with Gasteiger partial charge in [-0.2, -0.15) is 4.68 Å². The number of anilines is 2. The molecular formula is C19H18N6S2. The molecule has 0 amide bonds. The minimum Gasteiger partial charge on any atom is -0.332 e. The third-order valence-corrected chi connectivity index (χ3v) is 5.75. The summed E-state index contributed by atoms with van der Waals surface area (Å²) in [6, 6.07) is 16.3. The van der Waals surface area contributed by atoms with Gasteiger partial charge in [0.25, 0.3) is 0 Å². The van der Waals surface area contributed by atoms with Gasteiger partial charge in [0.1, 0.15) is 0 Å². The number of nitrogens with one attached hydrogen (secondary N) is 1. The van der Waals surface area contributed by atoms with Gasteiger partial charge >= 0.3 is 0 Å². The Labute approximate surface area is 165 Å². The maximum absolute atomic E-state index is 4.66. The van der Waals surface area contributed by atoms with Crippen LogP contribution in [0.25, 0.3) is 5.69 Å². The summed E-state index contributed by atoms with van der Waals surface area (Å²) in [5.41, 5.74) is 5.40. The van der Waals surface area contributed by atoms with E-state index in [1.54, 1.807) is 27.8 Å². The SMILES string of the molecule is Cc1ccc(Nc2nc(CSc3nnnn3-c3ccccc3C)cs2)cc1. The molecule has 1 N–H and O–H groups in total. The third kappa shape index (κ3) is 4.17. The Bertz CT molecular complexity index is 1040. The zero-order valence-corrected chi connectivity index (χ0v) is 16.6. The lowest BCUT2D eigenvalue weighted by atomic mass is 10.2. The number of thiazole rings is 1. The molecule has 0 saturated heterocycles.